The standard InChI is InChI=1S/C15H18FNO4/c1-10-3-4-12(11(2)7-10)21-8-13(18)17-6-5-15(16,9-17)14(19)20/h3-4,7H,5-6,8-9H2,1-2H3,(H,19,20). The Morgan fingerprint density at radius 2 is 2.14 bits per heavy atom. The van der Waals surface area contributed by atoms with Crippen molar-refractivity contribution in [2.45, 2.75) is 25.9 Å². The van der Waals surface area contributed by atoms with Crippen molar-refractivity contribution in [3.8, 4) is 5.75 Å². The van der Waals surface area contributed by atoms with E-state index in [1.807, 2.05) is 26.0 Å². The molecular weight excluding hydrogens is 277 g/mol. The minimum absolute atomic E-state index is 0.0951. The molecule has 1 N–H and O–H groups in total. The molecule has 1 amide bonds. The zero-order valence-electron chi connectivity index (χ0n) is 12.1. The van der Waals surface area contributed by atoms with Gasteiger partial charge in [-0.3, -0.25) is 4.79 Å². The summed E-state index contributed by atoms with van der Waals surface area (Å²) in [6.45, 7) is 3.29. The van der Waals surface area contributed by atoms with Crippen LogP contribution < -0.4 is 4.74 Å². The van der Waals surface area contributed by atoms with Gasteiger partial charge in [-0.05, 0) is 25.5 Å². The predicted molar refractivity (Wildman–Crippen MR) is 74.1 cm³/mol. The van der Waals surface area contributed by atoms with E-state index in [0.29, 0.717) is 5.75 Å². The number of carboxylic acids is 1. The number of benzene rings is 1. The summed E-state index contributed by atoms with van der Waals surface area (Å²) in [6.07, 6.45) is -0.183. The Labute approximate surface area is 122 Å². The third-order valence-corrected chi connectivity index (χ3v) is 3.64. The third kappa shape index (κ3) is 3.32. The van der Waals surface area contributed by atoms with E-state index in [1.54, 1.807) is 6.07 Å². The SMILES string of the molecule is Cc1ccc(OCC(=O)N2CCC(F)(C(=O)O)C2)c(C)c1. The number of carboxylic acid groups (broad SMARTS) is 1. The second-order valence-corrected chi connectivity index (χ2v) is 5.39. The van der Waals surface area contributed by atoms with Gasteiger partial charge in [0.2, 0.25) is 5.67 Å². The molecule has 1 aromatic carbocycles. The molecule has 0 bridgehead atoms. The summed E-state index contributed by atoms with van der Waals surface area (Å²) in [4.78, 5) is 23.9. The van der Waals surface area contributed by atoms with E-state index in [0.717, 1.165) is 11.1 Å². The number of carbonyl (C=O) groups is 2. The van der Waals surface area contributed by atoms with Crippen LogP contribution in [0.2, 0.25) is 0 Å². The molecule has 21 heavy (non-hydrogen) atoms. The second kappa shape index (κ2) is 5.71. The van der Waals surface area contributed by atoms with Crippen molar-refractivity contribution < 1.29 is 23.8 Å². The van der Waals surface area contributed by atoms with Crippen molar-refractivity contribution in [2.24, 2.45) is 0 Å². The smallest absolute Gasteiger partial charge is 0.343 e. The molecule has 2 rings (SSSR count). The van der Waals surface area contributed by atoms with Crippen LogP contribution in [-0.4, -0.2) is 47.2 Å². The largest absolute Gasteiger partial charge is 0.484 e. The Kier molecular flexibility index (Phi) is 4.16. The van der Waals surface area contributed by atoms with E-state index in [4.69, 9.17) is 9.84 Å². The lowest BCUT2D eigenvalue weighted by atomic mass is 10.1. The first-order chi connectivity index (χ1) is 9.82. The maximum absolute atomic E-state index is 13.9. The molecule has 0 aliphatic carbocycles. The van der Waals surface area contributed by atoms with Crippen LogP contribution >= 0.6 is 0 Å². The highest BCUT2D eigenvalue weighted by Crippen LogP contribution is 2.26. The zero-order chi connectivity index (χ0) is 15.6. The first-order valence-corrected chi connectivity index (χ1v) is 6.72. The third-order valence-electron chi connectivity index (χ3n) is 3.64. The summed E-state index contributed by atoms with van der Waals surface area (Å²) in [5.74, 6) is -1.33. The van der Waals surface area contributed by atoms with Crippen LogP contribution in [0.1, 0.15) is 17.5 Å². The molecule has 6 heteroatoms. The Bertz CT molecular complexity index is 575. The fourth-order valence-electron chi connectivity index (χ4n) is 2.35. The fourth-order valence-corrected chi connectivity index (χ4v) is 2.35. The molecule has 0 saturated carbocycles. The predicted octanol–water partition coefficient (Wildman–Crippen LogP) is 1.71. The monoisotopic (exact) mass is 295 g/mol. The number of hydrogen-bond donors (Lipinski definition) is 1. The number of aryl methyl sites for hydroxylation is 2. The van der Waals surface area contributed by atoms with Crippen LogP contribution in [0, 0.1) is 13.8 Å². The lowest BCUT2D eigenvalue weighted by Gasteiger charge is -2.18. The molecule has 1 unspecified atom stereocenters. The number of nitrogens with zero attached hydrogens (tertiary/aromatic N) is 1. The lowest BCUT2D eigenvalue weighted by Crippen LogP contribution is -2.40. The average Bonchev–Trinajstić information content (AvgIpc) is 2.82. The number of rotatable bonds is 4. The average molecular weight is 295 g/mol. The number of alkyl halides is 1. The van der Waals surface area contributed by atoms with Gasteiger partial charge in [-0.2, -0.15) is 0 Å². The van der Waals surface area contributed by atoms with E-state index in [1.165, 1.54) is 4.90 Å². The summed E-state index contributed by atoms with van der Waals surface area (Å²) in [5, 5.41) is 8.80. The number of aliphatic carboxylic acids is 1. The normalized spacial score (nSPS) is 21.4. The molecule has 1 atom stereocenters. The quantitative estimate of drug-likeness (QED) is 0.918. The highest BCUT2D eigenvalue weighted by atomic mass is 19.1. The van der Waals surface area contributed by atoms with Crippen molar-refractivity contribution in [1.29, 1.82) is 0 Å². The molecule has 0 aromatic heterocycles. The van der Waals surface area contributed by atoms with E-state index in [-0.39, 0.29) is 19.6 Å². The molecule has 1 saturated heterocycles. The van der Waals surface area contributed by atoms with Crippen molar-refractivity contribution in [3.63, 3.8) is 0 Å². The summed E-state index contributed by atoms with van der Waals surface area (Å²) < 4.78 is 19.3. The highest BCUT2D eigenvalue weighted by molar-refractivity contribution is 5.83. The summed E-state index contributed by atoms with van der Waals surface area (Å²) in [5.41, 5.74) is -0.334. The topological polar surface area (TPSA) is 66.8 Å². The molecule has 5 nitrogen and oxygen atoms in total. The molecule has 114 valence electrons. The molecule has 1 aliphatic rings. The van der Waals surface area contributed by atoms with Crippen molar-refractivity contribution in [1.82, 2.24) is 4.90 Å². The van der Waals surface area contributed by atoms with Gasteiger partial charge in [0.1, 0.15) is 5.75 Å². The number of amides is 1. The molecule has 0 spiro atoms. The number of halogens is 1. The second-order valence-electron chi connectivity index (χ2n) is 5.39. The first-order valence-electron chi connectivity index (χ1n) is 6.72. The van der Waals surface area contributed by atoms with E-state index < -0.39 is 24.1 Å². The number of hydrogen-bond acceptors (Lipinski definition) is 3. The number of carbonyl (C=O) groups excluding carboxylic acids is 1. The van der Waals surface area contributed by atoms with Crippen LogP contribution in [0.25, 0.3) is 0 Å². The van der Waals surface area contributed by atoms with Gasteiger partial charge in [0, 0.05) is 13.0 Å². The van der Waals surface area contributed by atoms with Gasteiger partial charge >= 0.3 is 5.97 Å². The maximum Gasteiger partial charge on any atom is 0.343 e. The van der Waals surface area contributed by atoms with Gasteiger partial charge in [-0.15, -0.1) is 0 Å². The minimum atomic E-state index is -2.34. The Morgan fingerprint density at radius 1 is 1.43 bits per heavy atom. The van der Waals surface area contributed by atoms with Crippen LogP contribution in [-0.2, 0) is 9.59 Å². The first kappa shape index (κ1) is 15.3. The van der Waals surface area contributed by atoms with Gasteiger partial charge in [-0.1, -0.05) is 17.7 Å². The molecule has 1 aliphatic heterocycles. The zero-order valence-corrected chi connectivity index (χ0v) is 12.1. The molecule has 1 fully saturated rings. The van der Waals surface area contributed by atoms with Crippen molar-refractivity contribution in [2.75, 3.05) is 19.7 Å². The van der Waals surface area contributed by atoms with Crippen molar-refractivity contribution in [3.05, 3.63) is 29.3 Å². The Morgan fingerprint density at radius 3 is 2.71 bits per heavy atom. The van der Waals surface area contributed by atoms with Crippen molar-refractivity contribution >= 4 is 11.9 Å². The van der Waals surface area contributed by atoms with Crippen LogP contribution in [0.4, 0.5) is 4.39 Å². The maximum atomic E-state index is 13.9. The molecule has 0 radical (unpaired) electrons. The van der Waals surface area contributed by atoms with Crippen LogP contribution in [0.3, 0.4) is 0 Å². The van der Waals surface area contributed by atoms with E-state index in [2.05, 4.69) is 0 Å². The highest BCUT2D eigenvalue weighted by Gasteiger charge is 2.46. The van der Waals surface area contributed by atoms with E-state index >= 15 is 0 Å². The Balaban J connectivity index is 1.93. The van der Waals surface area contributed by atoms with Gasteiger partial charge in [0.05, 0.1) is 6.54 Å². The molecule has 1 heterocycles. The lowest BCUT2D eigenvalue weighted by molar-refractivity contribution is -0.150. The minimum Gasteiger partial charge on any atom is -0.484 e. The number of ether oxygens (including phenoxy) is 1. The fraction of sp³-hybridized carbons (Fsp3) is 0.467. The Hall–Kier alpha value is -2.11. The summed E-state index contributed by atoms with van der Waals surface area (Å²) >= 11 is 0. The van der Waals surface area contributed by atoms with Gasteiger partial charge in [0.15, 0.2) is 6.61 Å². The summed E-state index contributed by atoms with van der Waals surface area (Å²) in [7, 11) is 0. The van der Waals surface area contributed by atoms with Gasteiger partial charge in [-0.25, -0.2) is 9.18 Å². The molecule has 1 aromatic rings. The van der Waals surface area contributed by atoms with Gasteiger partial charge < -0.3 is 14.7 Å². The number of likely N-dealkylation sites (tertiary alicyclic amines) is 1. The summed E-state index contributed by atoms with van der Waals surface area (Å²) in [6, 6.07) is 5.59. The van der Waals surface area contributed by atoms with Crippen LogP contribution in [0.5, 0.6) is 5.75 Å². The van der Waals surface area contributed by atoms with E-state index in [9.17, 15) is 14.0 Å². The molecular formula is C15H18FNO4. The van der Waals surface area contributed by atoms with Gasteiger partial charge in [0.25, 0.3) is 5.91 Å². The van der Waals surface area contributed by atoms with Crippen LogP contribution in [0.15, 0.2) is 18.2 Å².